The summed E-state index contributed by atoms with van der Waals surface area (Å²) in [5, 5.41) is 3.14. The molecular formula is C25H23FN2O4S2. The van der Waals surface area contributed by atoms with Crippen molar-refractivity contribution in [3.63, 3.8) is 0 Å². The molecule has 0 atom stereocenters. The Bertz CT molecular complexity index is 1460. The molecule has 4 rings (SSSR count). The van der Waals surface area contributed by atoms with Crippen molar-refractivity contribution in [3.8, 4) is 0 Å². The van der Waals surface area contributed by atoms with E-state index in [0.717, 1.165) is 11.1 Å². The van der Waals surface area contributed by atoms with Crippen LogP contribution in [0.25, 0.3) is 10.1 Å². The fourth-order valence-electron chi connectivity index (χ4n) is 3.71. The quantitative estimate of drug-likeness (QED) is 0.334. The topological polar surface area (TPSA) is 84.5 Å². The van der Waals surface area contributed by atoms with E-state index < -0.39 is 21.7 Å². The maximum absolute atomic E-state index is 14.4. The number of nitrogens with one attached hydrogen (secondary N) is 2. The van der Waals surface area contributed by atoms with Gasteiger partial charge in [0.25, 0.3) is 15.9 Å². The van der Waals surface area contributed by atoms with Crippen molar-refractivity contribution in [2.75, 3.05) is 17.1 Å². The fourth-order valence-corrected chi connectivity index (χ4v) is 6.03. The highest BCUT2D eigenvalue weighted by Gasteiger charge is 2.21. The number of methoxy groups -OCH3 is 1. The van der Waals surface area contributed by atoms with Crippen LogP contribution in [-0.2, 0) is 21.4 Å². The molecule has 3 aromatic carbocycles. The number of hydrogen-bond acceptors (Lipinski definition) is 5. The zero-order valence-corrected chi connectivity index (χ0v) is 20.4. The highest BCUT2D eigenvalue weighted by Crippen LogP contribution is 2.34. The van der Waals surface area contributed by atoms with Crippen molar-refractivity contribution in [2.45, 2.75) is 25.3 Å². The highest BCUT2D eigenvalue weighted by atomic mass is 32.2. The predicted molar refractivity (Wildman–Crippen MR) is 134 cm³/mol. The van der Waals surface area contributed by atoms with E-state index in [1.165, 1.54) is 48.8 Å². The number of fused-ring (bicyclic) bond motifs is 1. The van der Waals surface area contributed by atoms with Crippen LogP contribution in [0.1, 0.15) is 26.4 Å². The number of aryl methyl sites for hydroxylation is 2. The molecule has 0 saturated heterocycles. The number of rotatable bonds is 7. The van der Waals surface area contributed by atoms with Gasteiger partial charge >= 0.3 is 0 Å². The molecular weight excluding hydrogens is 475 g/mol. The van der Waals surface area contributed by atoms with E-state index in [0.29, 0.717) is 31.9 Å². The monoisotopic (exact) mass is 498 g/mol. The van der Waals surface area contributed by atoms with Gasteiger partial charge in [-0.05, 0) is 61.4 Å². The lowest BCUT2D eigenvalue weighted by Gasteiger charge is -2.13. The van der Waals surface area contributed by atoms with Gasteiger partial charge in [-0.25, -0.2) is 12.8 Å². The smallest absolute Gasteiger partial charge is 0.266 e. The molecule has 0 aliphatic heterocycles. The number of carbonyl (C=O) groups excluding carboxylic acids is 1. The highest BCUT2D eigenvalue weighted by molar-refractivity contribution is 7.92. The van der Waals surface area contributed by atoms with Crippen molar-refractivity contribution < 1.29 is 22.3 Å². The van der Waals surface area contributed by atoms with Crippen LogP contribution in [0.5, 0.6) is 0 Å². The van der Waals surface area contributed by atoms with Crippen LogP contribution in [0.15, 0.2) is 65.6 Å². The summed E-state index contributed by atoms with van der Waals surface area (Å²) >= 11 is 1.18. The molecule has 1 aromatic heterocycles. The number of para-hydroxylation sites is 1. The third-order valence-corrected chi connectivity index (χ3v) is 7.96. The lowest BCUT2D eigenvalue weighted by atomic mass is 10.1. The first kappa shape index (κ1) is 23.9. The molecule has 0 fully saturated rings. The van der Waals surface area contributed by atoms with Crippen LogP contribution in [0.2, 0.25) is 0 Å². The second kappa shape index (κ2) is 9.54. The van der Waals surface area contributed by atoms with Gasteiger partial charge in [0.2, 0.25) is 0 Å². The first-order chi connectivity index (χ1) is 16.2. The number of sulfonamides is 1. The Morgan fingerprint density at radius 3 is 2.29 bits per heavy atom. The summed E-state index contributed by atoms with van der Waals surface area (Å²) in [6, 6.07) is 16.1. The van der Waals surface area contributed by atoms with Crippen molar-refractivity contribution in [1.82, 2.24) is 0 Å². The first-order valence-electron chi connectivity index (χ1n) is 10.4. The van der Waals surface area contributed by atoms with Gasteiger partial charge in [0, 0.05) is 28.4 Å². The van der Waals surface area contributed by atoms with Crippen LogP contribution >= 0.6 is 11.3 Å². The van der Waals surface area contributed by atoms with Crippen LogP contribution in [0.3, 0.4) is 0 Å². The van der Waals surface area contributed by atoms with Crippen LogP contribution < -0.4 is 10.0 Å². The summed E-state index contributed by atoms with van der Waals surface area (Å²) in [7, 11) is -2.33. The van der Waals surface area contributed by atoms with Crippen molar-refractivity contribution in [3.05, 3.63) is 88.0 Å². The Morgan fingerprint density at radius 2 is 1.65 bits per heavy atom. The molecule has 0 aliphatic rings. The Kier molecular flexibility index (Phi) is 6.70. The first-order valence-corrected chi connectivity index (χ1v) is 12.7. The van der Waals surface area contributed by atoms with E-state index in [1.807, 2.05) is 32.0 Å². The number of anilines is 2. The van der Waals surface area contributed by atoms with E-state index >= 15 is 0 Å². The average Bonchev–Trinajstić information content (AvgIpc) is 3.17. The lowest BCUT2D eigenvalue weighted by molar-refractivity contribution is 0.102. The van der Waals surface area contributed by atoms with Gasteiger partial charge in [0.1, 0.15) is 5.82 Å². The zero-order valence-electron chi connectivity index (χ0n) is 18.8. The SMILES string of the molecule is COCc1c(C(=O)Nc2ccc(S(=O)(=O)Nc3c(C)cccc3C)cc2)sc2cccc(F)c12. The fraction of sp³-hybridized carbons (Fsp3) is 0.160. The van der Waals surface area contributed by atoms with Crippen molar-refractivity contribution >= 4 is 48.7 Å². The summed E-state index contributed by atoms with van der Waals surface area (Å²) in [5.74, 6) is -0.831. The third kappa shape index (κ3) is 4.68. The molecule has 0 bridgehead atoms. The minimum absolute atomic E-state index is 0.0668. The van der Waals surface area contributed by atoms with Crippen LogP contribution in [0.4, 0.5) is 15.8 Å². The average molecular weight is 499 g/mol. The number of carbonyl (C=O) groups is 1. The molecule has 6 nitrogen and oxygen atoms in total. The van der Waals surface area contributed by atoms with Crippen LogP contribution in [0, 0.1) is 19.7 Å². The summed E-state index contributed by atoms with van der Waals surface area (Å²) in [4.78, 5) is 13.4. The van der Waals surface area contributed by atoms with E-state index in [4.69, 9.17) is 4.74 Å². The van der Waals surface area contributed by atoms with Crippen molar-refractivity contribution in [2.24, 2.45) is 0 Å². The van der Waals surface area contributed by atoms with E-state index in [9.17, 15) is 17.6 Å². The summed E-state index contributed by atoms with van der Waals surface area (Å²) in [5.41, 5.74) is 3.08. The molecule has 9 heteroatoms. The largest absolute Gasteiger partial charge is 0.380 e. The maximum Gasteiger partial charge on any atom is 0.266 e. The number of amides is 1. The van der Waals surface area contributed by atoms with E-state index in [1.54, 1.807) is 12.1 Å². The zero-order chi connectivity index (χ0) is 24.5. The number of benzene rings is 3. The molecule has 0 spiro atoms. The molecule has 0 radical (unpaired) electrons. The van der Waals surface area contributed by atoms with Crippen molar-refractivity contribution in [1.29, 1.82) is 0 Å². The Morgan fingerprint density at radius 1 is 1.00 bits per heavy atom. The number of ether oxygens (including phenoxy) is 1. The molecule has 2 N–H and O–H groups in total. The standard InChI is InChI=1S/C25H23FN2O4S2/c1-15-6-4-7-16(2)23(15)28-34(30,31)18-12-10-17(11-13-18)27-25(29)24-19(14-32-3)22-20(26)8-5-9-21(22)33-24/h4-13,28H,14H2,1-3H3,(H,27,29). The third-order valence-electron chi connectivity index (χ3n) is 5.40. The number of halogens is 1. The van der Waals surface area contributed by atoms with Gasteiger partial charge in [-0.15, -0.1) is 11.3 Å². The second-order valence-electron chi connectivity index (χ2n) is 7.81. The normalized spacial score (nSPS) is 11.5. The molecule has 0 aliphatic carbocycles. The van der Waals surface area contributed by atoms with E-state index in [-0.39, 0.29) is 11.5 Å². The molecule has 1 amide bonds. The van der Waals surface area contributed by atoms with E-state index in [2.05, 4.69) is 10.0 Å². The summed E-state index contributed by atoms with van der Waals surface area (Å²) in [6.07, 6.45) is 0. The van der Waals surface area contributed by atoms with Crippen LogP contribution in [-0.4, -0.2) is 21.4 Å². The molecule has 4 aromatic rings. The predicted octanol–water partition coefficient (Wildman–Crippen LogP) is 5.86. The molecule has 176 valence electrons. The maximum atomic E-state index is 14.4. The van der Waals surface area contributed by atoms with Gasteiger partial charge in [-0.3, -0.25) is 9.52 Å². The molecule has 1 heterocycles. The minimum Gasteiger partial charge on any atom is -0.380 e. The van der Waals surface area contributed by atoms with Gasteiger partial charge < -0.3 is 10.1 Å². The molecule has 34 heavy (non-hydrogen) atoms. The second-order valence-corrected chi connectivity index (χ2v) is 10.5. The Hall–Kier alpha value is -3.27. The number of thiophene rings is 1. The molecule has 0 saturated carbocycles. The summed E-state index contributed by atoms with van der Waals surface area (Å²) in [6.45, 7) is 3.76. The minimum atomic E-state index is -3.81. The Labute approximate surface area is 201 Å². The summed E-state index contributed by atoms with van der Waals surface area (Å²) < 4.78 is 48.6. The van der Waals surface area contributed by atoms with Gasteiger partial charge in [-0.2, -0.15) is 0 Å². The van der Waals surface area contributed by atoms with Gasteiger partial charge in [0.15, 0.2) is 0 Å². The number of hydrogen-bond donors (Lipinski definition) is 2. The Balaban J connectivity index is 1.57. The van der Waals surface area contributed by atoms with Gasteiger partial charge in [-0.1, -0.05) is 24.3 Å². The lowest BCUT2D eigenvalue weighted by Crippen LogP contribution is -2.15. The van der Waals surface area contributed by atoms with Gasteiger partial charge in [0.05, 0.1) is 22.1 Å². The molecule has 0 unspecified atom stereocenters.